The predicted molar refractivity (Wildman–Crippen MR) is 65.8 cm³/mol. The predicted octanol–water partition coefficient (Wildman–Crippen LogP) is 2.32. The number of carbonyl (C=O) groups excluding carboxylic acids is 1. The van der Waals surface area contributed by atoms with Gasteiger partial charge in [0.1, 0.15) is 11.1 Å². The van der Waals surface area contributed by atoms with E-state index in [9.17, 15) is 9.90 Å². The molecule has 0 spiro atoms. The third kappa shape index (κ3) is 3.39. The van der Waals surface area contributed by atoms with Crippen molar-refractivity contribution in [2.75, 3.05) is 0 Å². The van der Waals surface area contributed by atoms with E-state index in [1.807, 2.05) is 5.38 Å². The van der Waals surface area contributed by atoms with Gasteiger partial charge in [0.2, 0.25) is 0 Å². The number of aliphatic hydroxyl groups excluding tert-OH is 1. The minimum Gasteiger partial charge on any atom is -0.385 e. The highest BCUT2D eigenvalue weighted by atomic mass is 32.1. The molecule has 0 radical (unpaired) electrons. The molecule has 16 heavy (non-hydrogen) atoms. The molecule has 0 aliphatic heterocycles. The van der Waals surface area contributed by atoms with Crippen molar-refractivity contribution in [1.82, 2.24) is 4.98 Å². The van der Waals surface area contributed by atoms with Crippen LogP contribution in [0.3, 0.4) is 0 Å². The van der Waals surface area contributed by atoms with Gasteiger partial charge in [-0.25, -0.2) is 4.98 Å². The molecule has 0 aliphatic rings. The van der Waals surface area contributed by atoms with E-state index in [0.717, 1.165) is 10.7 Å². The maximum absolute atomic E-state index is 11.5. The summed E-state index contributed by atoms with van der Waals surface area (Å²) >= 11 is 1.49. The zero-order valence-corrected chi connectivity index (χ0v) is 11.1. The van der Waals surface area contributed by atoms with Gasteiger partial charge in [-0.1, -0.05) is 27.7 Å². The van der Waals surface area contributed by atoms with Crippen molar-refractivity contribution in [3.05, 3.63) is 16.1 Å². The van der Waals surface area contributed by atoms with Crippen LogP contribution >= 0.6 is 11.3 Å². The first-order valence-corrected chi connectivity index (χ1v) is 6.38. The zero-order chi connectivity index (χ0) is 12.3. The highest BCUT2D eigenvalue weighted by Crippen LogP contribution is 2.24. The van der Waals surface area contributed by atoms with Gasteiger partial charge in [-0.3, -0.25) is 4.79 Å². The molecule has 0 amide bonds. The van der Waals surface area contributed by atoms with E-state index in [1.165, 1.54) is 11.3 Å². The molecule has 1 unspecified atom stereocenters. The Morgan fingerprint density at radius 3 is 2.62 bits per heavy atom. The first-order chi connectivity index (χ1) is 7.34. The molecule has 1 atom stereocenters. The lowest BCUT2D eigenvalue weighted by atomic mass is 9.93. The van der Waals surface area contributed by atoms with Crippen LogP contribution in [0.1, 0.15) is 44.8 Å². The first-order valence-electron chi connectivity index (χ1n) is 5.50. The molecule has 0 saturated carbocycles. The standard InChI is InChI=1S/C12H19NO2S/c1-5-8(14)9(15)6-11-13-10(7-16-11)12(2,3)4/h7-8,14H,5-6H2,1-4H3. The summed E-state index contributed by atoms with van der Waals surface area (Å²) < 4.78 is 0. The van der Waals surface area contributed by atoms with Crippen LogP contribution in [0.15, 0.2) is 5.38 Å². The zero-order valence-electron chi connectivity index (χ0n) is 10.3. The monoisotopic (exact) mass is 241 g/mol. The lowest BCUT2D eigenvalue weighted by molar-refractivity contribution is -0.126. The summed E-state index contributed by atoms with van der Waals surface area (Å²) in [6, 6.07) is 0. The van der Waals surface area contributed by atoms with Gasteiger partial charge in [-0.05, 0) is 6.42 Å². The maximum atomic E-state index is 11.5. The van der Waals surface area contributed by atoms with Gasteiger partial charge in [-0.15, -0.1) is 11.3 Å². The summed E-state index contributed by atoms with van der Waals surface area (Å²) in [5.41, 5.74) is 1.02. The van der Waals surface area contributed by atoms with Crippen LogP contribution in [0.25, 0.3) is 0 Å². The Hall–Kier alpha value is -0.740. The third-order valence-electron chi connectivity index (χ3n) is 2.40. The minimum atomic E-state index is -0.845. The molecule has 1 N–H and O–H groups in total. The van der Waals surface area contributed by atoms with Crippen molar-refractivity contribution in [2.24, 2.45) is 0 Å². The molecule has 1 rings (SSSR count). The van der Waals surface area contributed by atoms with E-state index in [4.69, 9.17) is 0 Å². The number of carbonyl (C=O) groups is 1. The van der Waals surface area contributed by atoms with E-state index in [1.54, 1.807) is 6.92 Å². The van der Waals surface area contributed by atoms with Crippen LogP contribution in [0.4, 0.5) is 0 Å². The van der Waals surface area contributed by atoms with Gasteiger partial charge in [0.15, 0.2) is 5.78 Å². The van der Waals surface area contributed by atoms with Crippen molar-refractivity contribution in [3.63, 3.8) is 0 Å². The van der Waals surface area contributed by atoms with Gasteiger partial charge < -0.3 is 5.11 Å². The van der Waals surface area contributed by atoms with Crippen molar-refractivity contribution < 1.29 is 9.90 Å². The fourth-order valence-electron chi connectivity index (χ4n) is 1.23. The minimum absolute atomic E-state index is 0.0150. The number of aromatic nitrogens is 1. The summed E-state index contributed by atoms with van der Waals surface area (Å²) in [6.45, 7) is 8.07. The Kier molecular flexibility index (Phi) is 4.21. The van der Waals surface area contributed by atoms with Crippen LogP contribution in [-0.4, -0.2) is 22.0 Å². The lowest BCUT2D eigenvalue weighted by Gasteiger charge is -2.14. The van der Waals surface area contributed by atoms with E-state index in [0.29, 0.717) is 6.42 Å². The fourth-order valence-corrected chi connectivity index (χ4v) is 2.26. The average molecular weight is 241 g/mol. The molecule has 0 saturated heterocycles. The molecular formula is C12H19NO2S. The van der Waals surface area contributed by atoms with Gasteiger partial charge >= 0.3 is 0 Å². The van der Waals surface area contributed by atoms with E-state index >= 15 is 0 Å². The Labute approximate surface area is 101 Å². The number of nitrogens with zero attached hydrogens (tertiary/aromatic N) is 1. The number of rotatable bonds is 4. The summed E-state index contributed by atoms with van der Waals surface area (Å²) in [7, 11) is 0. The molecule has 0 fully saturated rings. The molecule has 3 nitrogen and oxygen atoms in total. The molecular weight excluding hydrogens is 222 g/mol. The van der Waals surface area contributed by atoms with Crippen LogP contribution < -0.4 is 0 Å². The van der Waals surface area contributed by atoms with Gasteiger partial charge in [0.05, 0.1) is 12.1 Å². The lowest BCUT2D eigenvalue weighted by Crippen LogP contribution is -2.21. The van der Waals surface area contributed by atoms with Crippen LogP contribution in [0, 0.1) is 0 Å². The quantitative estimate of drug-likeness (QED) is 0.880. The Balaban J connectivity index is 2.70. The molecule has 4 heteroatoms. The van der Waals surface area contributed by atoms with Crippen molar-refractivity contribution in [3.8, 4) is 0 Å². The number of ketones is 1. The Morgan fingerprint density at radius 2 is 2.19 bits per heavy atom. The molecule has 1 heterocycles. The summed E-state index contributed by atoms with van der Waals surface area (Å²) in [4.78, 5) is 15.9. The molecule has 0 aromatic carbocycles. The van der Waals surface area contributed by atoms with Gasteiger partial charge in [0, 0.05) is 10.8 Å². The fraction of sp³-hybridized carbons (Fsp3) is 0.667. The Morgan fingerprint density at radius 1 is 1.56 bits per heavy atom. The summed E-state index contributed by atoms with van der Waals surface area (Å²) in [5.74, 6) is -0.141. The number of aliphatic hydroxyl groups is 1. The third-order valence-corrected chi connectivity index (χ3v) is 3.25. The maximum Gasteiger partial charge on any atom is 0.168 e. The Bertz CT molecular complexity index is 365. The van der Waals surface area contributed by atoms with Crippen LogP contribution in [0.2, 0.25) is 0 Å². The van der Waals surface area contributed by atoms with Crippen LogP contribution in [0.5, 0.6) is 0 Å². The highest BCUT2D eigenvalue weighted by Gasteiger charge is 2.20. The highest BCUT2D eigenvalue weighted by molar-refractivity contribution is 7.09. The molecule has 0 bridgehead atoms. The first kappa shape index (κ1) is 13.3. The van der Waals surface area contributed by atoms with Crippen molar-refractivity contribution >= 4 is 17.1 Å². The van der Waals surface area contributed by atoms with E-state index in [2.05, 4.69) is 25.8 Å². The van der Waals surface area contributed by atoms with Gasteiger partial charge in [-0.2, -0.15) is 0 Å². The second-order valence-corrected chi connectivity index (χ2v) is 5.89. The summed E-state index contributed by atoms with van der Waals surface area (Å²) in [5, 5.41) is 12.2. The normalized spacial score (nSPS) is 13.8. The molecule has 1 aromatic heterocycles. The van der Waals surface area contributed by atoms with E-state index in [-0.39, 0.29) is 17.6 Å². The topological polar surface area (TPSA) is 50.2 Å². The van der Waals surface area contributed by atoms with Crippen molar-refractivity contribution in [1.29, 1.82) is 0 Å². The van der Waals surface area contributed by atoms with Crippen molar-refractivity contribution in [2.45, 2.75) is 52.1 Å². The number of hydrogen-bond acceptors (Lipinski definition) is 4. The number of thiazole rings is 1. The largest absolute Gasteiger partial charge is 0.385 e. The molecule has 90 valence electrons. The van der Waals surface area contributed by atoms with E-state index < -0.39 is 6.10 Å². The molecule has 1 aromatic rings. The summed E-state index contributed by atoms with van der Waals surface area (Å²) in [6.07, 6.45) is -0.131. The number of Topliss-reactive ketones (excluding diaryl/α,β-unsaturated/α-hetero) is 1. The smallest absolute Gasteiger partial charge is 0.168 e. The van der Waals surface area contributed by atoms with Gasteiger partial charge in [0.25, 0.3) is 0 Å². The second kappa shape index (κ2) is 5.06. The average Bonchev–Trinajstić information content (AvgIpc) is 2.64. The van der Waals surface area contributed by atoms with Crippen LogP contribution in [-0.2, 0) is 16.6 Å². The second-order valence-electron chi connectivity index (χ2n) is 4.94. The SMILES string of the molecule is CCC(O)C(=O)Cc1nc(C(C)(C)C)cs1. The number of hydrogen-bond donors (Lipinski definition) is 1. The molecule has 0 aliphatic carbocycles.